The van der Waals surface area contributed by atoms with Gasteiger partial charge >= 0.3 is 7.82 Å². The van der Waals surface area contributed by atoms with Gasteiger partial charge in [0.05, 0.1) is 26.2 Å². The molecule has 1 atom stereocenters. The van der Waals surface area contributed by atoms with Crippen LogP contribution in [0, 0.1) is 0 Å². The molecule has 0 aromatic heterocycles. The fraction of sp³-hybridized carbons (Fsp3) is 0.615. The van der Waals surface area contributed by atoms with Crippen LogP contribution in [0.25, 0.3) is 10.8 Å². The number of hydrogen-bond acceptors (Lipinski definition) is 3. The van der Waals surface area contributed by atoms with Crippen LogP contribution in [-0.2, 0) is 4.57 Å². The third kappa shape index (κ3) is 11.0. The lowest BCUT2D eigenvalue weighted by Crippen LogP contribution is -2.50. The number of rotatable bonds is 14. The molecule has 6 heteroatoms. The molecule has 1 unspecified atom stereocenters. The van der Waals surface area contributed by atoms with Crippen molar-refractivity contribution in [2.45, 2.75) is 79.1 Å². The molecular weight excluding hydrogens is 421 g/mol. The Hall–Kier alpha value is -1.39. The maximum atomic E-state index is 10.6. The average molecular weight is 466 g/mol. The summed E-state index contributed by atoms with van der Waals surface area (Å²) in [5, 5.41) is 1.49. The molecule has 2 rings (SSSR count). The van der Waals surface area contributed by atoms with Gasteiger partial charge in [0.2, 0.25) is 0 Å². The van der Waals surface area contributed by atoms with Crippen molar-refractivity contribution in [2.24, 2.45) is 0 Å². The second-order valence-electron chi connectivity index (χ2n) is 8.69. The summed E-state index contributed by atoms with van der Waals surface area (Å²) in [6.45, 7) is 15.0. The van der Waals surface area contributed by atoms with Gasteiger partial charge in [0, 0.05) is 5.39 Å². The number of phosphoric ester groups is 1. The van der Waals surface area contributed by atoms with Gasteiger partial charge in [0.1, 0.15) is 5.75 Å². The molecule has 0 aliphatic carbocycles. The number of fused-ring (bicyclic) bond motifs is 1. The van der Waals surface area contributed by atoms with E-state index in [1.807, 2.05) is 18.2 Å². The number of quaternary nitrogens is 1. The van der Waals surface area contributed by atoms with Gasteiger partial charge < -0.3 is 18.8 Å². The van der Waals surface area contributed by atoms with Gasteiger partial charge in [-0.2, -0.15) is 0 Å². The van der Waals surface area contributed by atoms with Gasteiger partial charge in [0.15, 0.2) is 0 Å². The Bertz CT molecular complexity index is 763. The molecular formula is C26H44NO4P. The molecule has 2 aromatic rings. The monoisotopic (exact) mass is 465 g/mol. The number of phosphoric acid groups is 1. The minimum absolute atomic E-state index is 0.133. The number of benzene rings is 2. The molecule has 0 saturated heterocycles. The third-order valence-electron chi connectivity index (χ3n) is 5.91. The van der Waals surface area contributed by atoms with Crippen LogP contribution in [0.15, 0.2) is 42.5 Å². The molecule has 5 nitrogen and oxygen atoms in total. The molecule has 0 fully saturated rings. The lowest BCUT2D eigenvalue weighted by atomic mass is 10.1. The molecule has 0 aliphatic rings. The second kappa shape index (κ2) is 15.4. The highest BCUT2D eigenvalue weighted by molar-refractivity contribution is 7.45. The van der Waals surface area contributed by atoms with Crippen molar-refractivity contribution >= 4 is 18.6 Å². The van der Waals surface area contributed by atoms with Gasteiger partial charge in [-0.3, -0.25) is 4.57 Å². The van der Waals surface area contributed by atoms with E-state index < -0.39 is 7.82 Å². The first-order chi connectivity index (χ1) is 15.3. The highest BCUT2D eigenvalue weighted by Gasteiger charge is 2.24. The molecule has 0 spiro atoms. The summed E-state index contributed by atoms with van der Waals surface area (Å²) in [7, 11) is -4.74. The summed E-state index contributed by atoms with van der Waals surface area (Å²) < 4.78 is 16.5. The number of unbranched alkanes of at least 4 members (excludes halogenated alkanes) is 4. The van der Waals surface area contributed by atoms with Crippen LogP contribution in [0.1, 0.15) is 79.1 Å². The Morgan fingerprint density at radius 1 is 0.781 bits per heavy atom. The number of hydrogen-bond donors (Lipinski definition) is 1. The summed E-state index contributed by atoms with van der Waals surface area (Å²) >= 11 is 0. The standard InChI is InChI=1S/C16H36N.C10H9O4P/c1-5-9-13-17(14-10-6-2,15-11-7-3)16-12-8-4;11-15(12,13)14-10-7-3-5-8-4-1-2-6-9(8)10/h5-16H2,1-4H3;1-7H,(H2,11,12,13)/q+1;/p-1. The second-order valence-corrected chi connectivity index (χ2v) is 9.81. The Morgan fingerprint density at radius 3 is 1.66 bits per heavy atom. The highest BCUT2D eigenvalue weighted by atomic mass is 31.2. The van der Waals surface area contributed by atoms with Crippen LogP contribution < -0.4 is 9.42 Å². The Morgan fingerprint density at radius 2 is 1.22 bits per heavy atom. The zero-order valence-electron chi connectivity index (χ0n) is 20.6. The summed E-state index contributed by atoms with van der Waals surface area (Å²) in [4.78, 5) is 19.2. The van der Waals surface area contributed by atoms with Crippen LogP contribution >= 0.6 is 7.82 Å². The quantitative estimate of drug-likeness (QED) is 0.249. The largest absolute Gasteiger partial charge is 0.746 e. The summed E-state index contributed by atoms with van der Waals surface area (Å²) in [6.07, 6.45) is 11.1. The molecule has 2 aromatic carbocycles. The molecule has 32 heavy (non-hydrogen) atoms. The molecule has 0 heterocycles. The van der Waals surface area contributed by atoms with E-state index >= 15 is 0 Å². The van der Waals surface area contributed by atoms with E-state index in [0.29, 0.717) is 5.39 Å². The maximum Gasteiger partial charge on any atom is 0.317 e. The smallest absolute Gasteiger partial charge is 0.317 e. The van der Waals surface area contributed by atoms with E-state index in [9.17, 15) is 9.46 Å². The van der Waals surface area contributed by atoms with Crippen molar-refractivity contribution in [3.63, 3.8) is 0 Å². The molecule has 1 N–H and O–H groups in total. The van der Waals surface area contributed by atoms with Crippen molar-refractivity contribution < 1.29 is 23.4 Å². The highest BCUT2D eigenvalue weighted by Crippen LogP contribution is 2.37. The van der Waals surface area contributed by atoms with E-state index in [2.05, 4.69) is 32.2 Å². The van der Waals surface area contributed by atoms with Crippen molar-refractivity contribution in [2.75, 3.05) is 26.2 Å². The van der Waals surface area contributed by atoms with E-state index in [-0.39, 0.29) is 5.75 Å². The fourth-order valence-electron chi connectivity index (χ4n) is 4.04. The SMILES string of the molecule is CCCC[N+](CCCC)(CCCC)CCCC.O=P([O-])(O)Oc1cccc2ccccc12. The van der Waals surface area contributed by atoms with Gasteiger partial charge in [-0.25, -0.2) is 0 Å². The van der Waals surface area contributed by atoms with Crippen molar-refractivity contribution in [1.82, 2.24) is 0 Å². The topological polar surface area (TPSA) is 69.6 Å². The normalized spacial score (nSPS) is 13.3. The maximum absolute atomic E-state index is 10.6. The molecule has 0 saturated carbocycles. The first-order valence-corrected chi connectivity index (χ1v) is 13.9. The van der Waals surface area contributed by atoms with E-state index in [0.717, 1.165) is 5.39 Å². The predicted molar refractivity (Wildman–Crippen MR) is 134 cm³/mol. The van der Waals surface area contributed by atoms with Crippen molar-refractivity contribution in [1.29, 1.82) is 0 Å². The Balaban J connectivity index is 0.000000321. The molecule has 182 valence electrons. The Kier molecular flexibility index (Phi) is 13.8. The lowest BCUT2D eigenvalue weighted by molar-refractivity contribution is -0.929. The zero-order valence-corrected chi connectivity index (χ0v) is 21.5. The number of nitrogens with zero attached hydrogens (tertiary/aromatic N) is 1. The van der Waals surface area contributed by atoms with Gasteiger partial charge in [-0.1, -0.05) is 89.8 Å². The van der Waals surface area contributed by atoms with E-state index in [1.54, 1.807) is 18.2 Å². The van der Waals surface area contributed by atoms with E-state index in [4.69, 9.17) is 4.89 Å². The molecule has 0 radical (unpaired) electrons. The fourth-order valence-corrected chi connectivity index (χ4v) is 4.45. The van der Waals surface area contributed by atoms with Gasteiger partial charge in [-0.15, -0.1) is 0 Å². The van der Waals surface area contributed by atoms with Crippen LogP contribution in [0.5, 0.6) is 5.75 Å². The van der Waals surface area contributed by atoms with Gasteiger partial charge in [-0.05, 0) is 37.1 Å². The summed E-state index contributed by atoms with van der Waals surface area (Å²) in [5.41, 5.74) is 0. The average Bonchev–Trinajstić information content (AvgIpc) is 2.78. The predicted octanol–water partition coefficient (Wildman–Crippen LogP) is 6.68. The minimum Gasteiger partial charge on any atom is -0.746 e. The summed E-state index contributed by atoms with van der Waals surface area (Å²) in [5.74, 6) is 0.133. The van der Waals surface area contributed by atoms with Crippen molar-refractivity contribution in [3.8, 4) is 5.75 Å². The minimum atomic E-state index is -4.74. The van der Waals surface area contributed by atoms with Crippen LogP contribution in [0.2, 0.25) is 0 Å². The molecule has 0 amide bonds. The van der Waals surface area contributed by atoms with Crippen LogP contribution in [0.4, 0.5) is 0 Å². The first kappa shape index (κ1) is 28.6. The van der Waals surface area contributed by atoms with Crippen molar-refractivity contribution in [3.05, 3.63) is 42.5 Å². The van der Waals surface area contributed by atoms with Crippen LogP contribution in [-0.4, -0.2) is 35.6 Å². The first-order valence-electron chi connectivity index (χ1n) is 12.4. The van der Waals surface area contributed by atoms with E-state index in [1.165, 1.54) is 88.1 Å². The van der Waals surface area contributed by atoms with Crippen LogP contribution in [0.3, 0.4) is 0 Å². The molecule has 0 aliphatic heterocycles. The lowest BCUT2D eigenvalue weighted by Gasteiger charge is -2.39. The third-order valence-corrected chi connectivity index (χ3v) is 6.33. The zero-order chi connectivity index (χ0) is 23.9. The summed E-state index contributed by atoms with van der Waals surface area (Å²) in [6, 6.07) is 12.1. The van der Waals surface area contributed by atoms with Gasteiger partial charge in [0.25, 0.3) is 0 Å². The molecule has 0 bridgehead atoms. The Labute approximate surface area is 195 Å².